The van der Waals surface area contributed by atoms with Crippen molar-refractivity contribution in [2.45, 2.75) is 6.54 Å². The number of nitriles is 1. The molecule has 0 radical (unpaired) electrons. The third-order valence-electron chi connectivity index (χ3n) is 4.78. The second kappa shape index (κ2) is 8.37. The van der Waals surface area contributed by atoms with E-state index >= 15 is 0 Å². The van der Waals surface area contributed by atoms with Gasteiger partial charge in [0.2, 0.25) is 0 Å². The van der Waals surface area contributed by atoms with E-state index in [1.165, 1.54) is 0 Å². The molecule has 30 heavy (non-hydrogen) atoms. The van der Waals surface area contributed by atoms with Crippen LogP contribution in [-0.4, -0.2) is 27.1 Å². The molecular formula is C23H19N5O2. The van der Waals surface area contributed by atoms with Crippen LogP contribution in [0.15, 0.2) is 79.4 Å². The Morgan fingerprint density at radius 1 is 1.00 bits per heavy atom. The maximum absolute atomic E-state index is 9.62. The summed E-state index contributed by atoms with van der Waals surface area (Å²) in [5.41, 5.74) is 4.19. The highest BCUT2D eigenvalue weighted by molar-refractivity contribution is 5.75. The number of benzene rings is 3. The van der Waals surface area contributed by atoms with Crippen molar-refractivity contribution in [1.29, 1.82) is 5.26 Å². The van der Waals surface area contributed by atoms with Crippen LogP contribution in [0.1, 0.15) is 11.1 Å². The first-order valence-corrected chi connectivity index (χ1v) is 9.27. The number of hydrogen-bond donors (Lipinski definition) is 1. The monoisotopic (exact) mass is 397 g/mol. The number of hydrogen-bond acceptors (Lipinski definition) is 6. The summed E-state index contributed by atoms with van der Waals surface area (Å²) >= 11 is 0. The van der Waals surface area contributed by atoms with E-state index in [-0.39, 0.29) is 5.75 Å². The van der Waals surface area contributed by atoms with E-state index in [0.29, 0.717) is 12.1 Å². The number of aromatic nitrogens is 3. The van der Waals surface area contributed by atoms with E-state index < -0.39 is 0 Å². The minimum absolute atomic E-state index is 0.217. The number of nitrogens with zero attached hydrogens (tertiary/aromatic N) is 5. The topological polar surface area (TPSA) is 87.2 Å². The first kappa shape index (κ1) is 19.0. The molecule has 0 aliphatic heterocycles. The molecule has 148 valence electrons. The molecule has 1 N–H and O–H groups in total. The van der Waals surface area contributed by atoms with Crippen molar-refractivity contribution in [1.82, 2.24) is 14.9 Å². The summed E-state index contributed by atoms with van der Waals surface area (Å²) in [5, 5.41) is 29.0. The van der Waals surface area contributed by atoms with Gasteiger partial charge in [-0.3, -0.25) is 5.01 Å². The van der Waals surface area contributed by atoms with Crippen molar-refractivity contribution in [2.75, 3.05) is 12.1 Å². The lowest BCUT2D eigenvalue weighted by molar-refractivity contribution is 0.415. The fraction of sp³-hybridized carbons (Fsp3) is 0.0870. The van der Waals surface area contributed by atoms with Crippen LogP contribution in [0.3, 0.4) is 0 Å². The molecule has 0 spiro atoms. The highest BCUT2D eigenvalue weighted by atomic mass is 16.5. The first-order chi connectivity index (χ1) is 14.7. The highest BCUT2D eigenvalue weighted by Gasteiger charge is 2.14. The number of anilines is 1. The average molecular weight is 397 g/mol. The zero-order valence-corrected chi connectivity index (χ0v) is 16.3. The van der Waals surface area contributed by atoms with Crippen LogP contribution in [-0.2, 0) is 6.54 Å². The van der Waals surface area contributed by atoms with Crippen LogP contribution in [0.2, 0.25) is 0 Å². The molecule has 0 atom stereocenters. The van der Waals surface area contributed by atoms with E-state index in [9.17, 15) is 10.4 Å². The van der Waals surface area contributed by atoms with E-state index in [0.717, 1.165) is 28.1 Å². The Hall–Kier alpha value is -4.31. The minimum Gasteiger partial charge on any atom is -0.508 e. The molecule has 4 rings (SSSR count). The molecule has 1 aromatic heterocycles. The van der Waals surface area contributed by atoms with Crippen molar-refractivity contribution < 1.29 is 9.84 Å². The third-order valence-corrected chi connectivity index (χ3v) is 4.78. The summed E-state index contributed by atoms with van der Waals surface area (Å²) in [6.45, 7) is 0.520. The van der Waals surface area contributed by atoms with Crippen LogP contribution >= 0.6 is 0 Å². The van der Waals surface area contributed by atoms with Crippen LogP contribution < -0.4 is 9.75 Å². The van der Waals surface area contributed by atoms with Gasteiger partial charge in [0.05, 0.1) is 31.0 Å². The lowest BCUT2D eigenvalue weighted by Gasteiger charge is -2.26. The van der Waals surface area contributed by atoms with Crippen molar-refractivity contribution in [3.8, 4) is 28.7 Å². The fourth-order valence-electron chi connectivity index (χ4n) is 3.20. The van der Waals surface area contributed by atoms with Gasteiger partial charge in [0.15, 0.2) is 0 Å². The van der Waals surface area contributed by atoms with Crippen LogP contribution in [0, 0.1) is 11.3 Å². The van der Waals surface area contributed by atoms with E-state index in [1.54, 1.807) is 36.6 Å². The first-order valence-electron chi connectivity index (χ1n) is 9.27. The Kier molecular flexibility index (Phi) is 5.31. The molecule has 3 aromatic carbocycles. The Labute approximate surface area is 174 Å². The highest BCUT2D eigenvalue weighted by Crippen LogP contribution is 2.30. The predicted molar refractivity (Wildman–Crippen MR) is 113 cm³/mol. The van der Waals surface area contributed by atoms with E-state index in [2.05, 4.69) is 16.3 Å². The van der Waals surface area contributed by atoms with Gasteiger partial charge in [-0.1, -0.05) is 24.3 Å². The van der Waals surface area contributed by atoms with Gasteiger partial charge in [-0.2, -0.15) is 5.26 Å². The molecule has 0 bridgehead atoms. The normalized spacial score (nSPS) is 10.4. The zero-order chi connectivity index (χ0) is 20.9. The molecule has 1 heterocycles. The molecular weight excluding hydrogens is 378 g/mol. The standard InChI is InChI=1S/C23H19N5O2/c1-30-22-10-5-18(6-11-22)23-12-20(7-4-19(23)13-24)28(27-15-25-26-16-27)14-17-2-8-21(29)9-3-17/h2-12,15-16,29H,14H2,1H3. The summed E-state index contributed by atoms with van der Waals surface area (Å²) in [6, 6.07) is 22.6. The number of methoxy groups -OCH3 is 1. The Bertz CT molecular complexity index is 1160. The van der Waals surface area contributed by atoms with Gasteiger partial charge in [0.1, 0.15) is 24.2 Å². The van der Waals surface area contributed by atoms with Crippen molar-refractivity contribution in [3.63, 3.8) is 0 Å². The SMILES string of the molecule is COc1ccc(-c2cc(N(Cc3ccc(O)cc3)n3cnnc3)ccc2C#N)cc1. The number of aromatic hydroxyl groups is 1. The fourth-order valence-corrected chi connectivity index (χ4v) is 3.20. The van der Waals surface area contributed by atoms with Gasteiger partial charge >= 0.3 is 0 Å². The molecule has 0 unspecified atom stereocenters. The predicted octanol–water partition coefficient (Wildman–Crippen LogP) is 4.00. The molecule has 0 saturated carbocycles. The number of ether oxygens (including phenoxy) is 1. The van der Waals surface area contributed by atoms with Crippen LogP contribution in [0.25, 0.3) is 11.1 Å². The van der Waals surface area contributed by atoms with Crippen LogP contribution in [0.5, 0.6) is 11.5 Å². The molecule has 0 saturated heterocycles. The lowest BCUT2D eigenvalue weighted by atomic mass is 9.99. The number of phenols is 1. The Balaban J connectivity index is 1.76. The lowest BCUT2D eigenvalue weighted by Crippen LogP contribution is -2.27. The van der Waals surface area contributed by atoms with Gasteiger partial charge in [-0.05, 0) is 53.6 Å². The summed E-state index contributed by atoms with van der Waals surface area (Å²) in [6.07, 6.45) is 3.23. The third kappa shape index (κ3) is 3.93. The van der Waals surface area contributed by atoms with Crippen LogP contribution in [0.4, 0.5) is 5.69 Å². The van der Waals surface area contributed by atoms with Gasteiger partial charge in [0, 0.05) is 5.56 Å². The second-order valence-electron chi connectivity index (χ2n) is 6.64. The molecule has 7 heteroatoms. The molecule has 7 nitrogen and oxygen atoms in total. The van der Waals surface area contributed by atoms with E-state index in [4.69, 9.17) is 4.74 Å². The smallest absolute Gasteiger partial charge is 0.139 e. The molecule has 0 aliphatic rings. The second-order valence-corrected chi connectivity index (χ2v) is 6.64. The molecule has 0 fully saturated rings. The number of rotatable bonds is 6. The summed E-state index contributed by atoms with van der Waals surface area (Å²) in [4.78, 5) is 0. The average Bonchev–Trinajstić information content (AvgIpc) is 3.33. The summed E-state index contributed by atoms with van der Waals surface area (Å²) < 4.78 is 7.02. The Morgan fingerprint density at radius 3 is 2.33 bits per heavy atom. The van der Waals surface area contributed by atoms with Gasteiger partial charge in [-0.25, -0.2) is 4.68 Å². The van der Waals surface area contributed by atoms with Crippen molar-refractivity contribution >= 4 is 5.69 Å². The minimum atomic E-state index is 0.217. The maximum atomic E-state index is 9.62. The maximum Gasteiger partial charge on any atom is 0.139 e. The molecule has 0 amide bonds. The summed E-state index contributed by atoms with van der Waals surface area (Å²) in [7, 11) is 1.62. The Morgan fingerprint density at radius 2 is 1.70 bits per heavy atom. The van der Waals surface area contributed by atoms with Gasteiger partial charge < -0.3 is 9.84 Å². The number of phenolic OH excluding ortho intramolecular Hbond substituents is 1. The molecule has 0 aliphatic carbocycles. The zero-order valence-electron chi connectivity index (χ0n) is 16.3. The van der Waals surface area contributed by atoms with Crippen molar-refractivity contribution in [3.05, 3.63) is 90.5 Å². The van der Waals surface area contributed by atoms with E-state index in [1.807, 2.05) is 59.6 Å². The van der Waals surface area contributed by atoms with Crippen molar-refractivity contribution in [2.24, 2.45) is 0 Å². The largest absolute Gasteiger partial charge is 0.508 e. The molecule has 4 aromatic rings. The van der Waals surface area contributed by atoms with Gasteiger partial charge in [0.25, 0.3) is 0 Å². The summed E-state index contributed by atoms with van der Waals surface area (Å²) in [5.74, 6) is 0.974. The van der Waals surface area contributed by atoms with Gasteiger partial charge in [-0.15, -0.1) is 10.2 Å². The quantitative estimate of drug-likeness (QED) is 0.529.